The van der Waals surface area contributed by atoms with Crippen molar-refractivity contribution in [3.63, 3.8) is 0 Å². The van der Waals surface area contributed by atoms with Crippen molar-refractivity contribution in [2.75, 3.05) is 0 Å². The van der Waals surface area contributed by atoms with Gasteiger partial charge in [0, 0.05) is 34.0 Å². The lowest BCUT2D eigenvalue weighted by Crippen LogP contribution is -2.10. The Bertz CT molecular complexity index is 1200. The maximum atomic E-state index is 11.2. The molecule has 0 aliphatic carbocycles. The third-order valence-corrected chi connectivity index (χ3v) is 5.86. The summed E-state index contributed by atoms with van der Waals surface area (Å²) in [4.78, 5) is 4.05. The van der Waals surface area contributed by atoms with Gasteiger partial charge >= 0.3 is 0 Å². The Kier molecular flexibility index (Phi) is 4.04. The Labute approximate surface area is 153 Å². The van der Waals surface area contributed by atoms with Crippen molar-refractivity contribution in [3.8, 4) is 0 Å². The molecule has 0 saturated heterocycles. The number of rotatable bonds is 4. The molecule has 0 aliphatic rings. The molecular weight excluding hydrogens is 380 g/mol. The Morgan fingerprint density at radius 3 is 2.84 bits per heavy atom. The number of imidazole rings is 1. The molecule has 2 aromatic heterocycles. The molecule has 1 N–H and O–H groups in total. The summed E-state index contributed by atoms with van der Waals surface area (Å²) in [7, 11) is -4.13. The number of hydrogen-bond donors (Lipinski definition) is 1. The number of aromatic nitrogens is 2. The van der Waals surface area contributed by atoms with E-state index in [2.05, 4.69) is 17.1 Å². The van der Waals surface area contributed by atoms with Gasteiger partial charge in [-0.25, -0.2) is 4.98 Å². The largest absolute Gasteiger partial charge is 0.330 e. The third kappa shape index (κ3) is 3.28. The summed E-state index contributed by atoms with van der Waals surface area (Å²) in [5, 5.41) is 6.00. The first kappa shape index (κ1) is 16.5. The highest BCUT2D eigenvalue weighted by atomic mass is 35.5. The lowest BCUT2D eigenvalue weighted by atomic mass is 10.0. The first-order valence-corrected chi connectivity index (χ1v) is 10.3. The van der Waals surface area contributed by atoms with E-state index < -0.39 is 15.9 Å². The van der Waals surface area contributed by atoms with Crippen LogP contribution in [0.1, 0.15) is 11.4 Å². The molecule has 0 radical (unpaired) electrons. The molecule has 2 heterocycles. The van der Waals surface area contributed by atoms with Crippen LogP contribution in [0.25, 0.3) is 20.9 Å². The predicted octanol–water partition coefficient (Wildman–Crippen LogP) is 4.34. The minimum atomic E-state index is -4.13. The zero-order valence-corrected chi connectivity index (χ0v) is 15.3. The fourth-order valence-corrected chi connectivity index (χ4v) is 4.70. The minimum Gasteiger partial charge on any atom is -0.330 e. The quantitative estimate of drug-likeness (QED) is 0.524. The molecule has 5 nitrogen and oxygen atoms in total. The van der Waals surface area contributed by atoms with E-state index in [1.165, 1.54) is 6.20 Å². The van der Waals surface area contributed by atoms with E-state index in [9.17, 15) is 8.42 Å². The van der Waals surface area contributed by atoms with E-state index in [0.29, 0.717) is 17.4 Å². The second kappa shape index (κ2) is 6.10. The summed E-state index contributed by atoms with van der Waals surface area (Å²) in [6.07, 6.45) is 3.25. The Hall–Kier alpha value is -1.93. The lowest BCUT2D eigenvalue weighted by Gasteiger charge is -2.11. The fraction of sp³-hybridized carbons (Fsp3) is 0.118. The molecule has 0 amide bonds. The maximum Gasteiger partial charge on any atom is 0.272 e. The van der Waals surface area contributed by atoms with Crippen LogP contribution in [0, 0.1) is 0 Å². The predicted molar refractivity (Wildman–Crippen MR) is 101 cm³/mol. The average molecular weight is 393 g/mol. The number of halogens is 1. The molecule has 0 spiro atoms. The third-order valence-electron chi connectivity index (χ3n) is 4.05. The molecule has 8 heteroatoms. The van der Waals surface area contributed by atoms with E-state index in [1.807, 2.05) is 23.6 Å². The number of thiophene rings is 1. The van der Waals surface area contributed by atoms with Crippen LogP contribution >= 0.6 is 22.9 Å². The van der Waals surface area contributed by atoms with Crippen molar-refractivity contribution in [1.29, 1.82) is 0 Å². The fourth-order valence-electron chi connectivity index (χ4n) is 2.99. The SMILES string of the molecule is O=S(=O)(O)Cc1nccn1Cc1cc2ccc(Cl)cc2c2sccc12. The average Bonchev–Trinajstić information content (AvgIpc) is 3.16. The summed E-state index contributed by atoms with van der Waals surface area (Å²) in [5.74, 6) is -0.197. The number of nitrogens with zero attached hydrogens (tertiary/aromatic N) is 2. The van der Waals surface area contributed by atoms with Gasteiger partial charge in [-0.2, -0.15) is 8.42 Å². The monoisotopic (exact) mass is 392 g/mol. The van der Waals surface area contributed by atoms with Crippen molar-refractivity contribution in [1.82, 2.24) is 9.55 Å². The van der Waals surface area contributed by atoms with E-state index in [-0.39, 0.29) is 0 Å². The molecule has 128 valence electrons. The van der Waals surface area contributed by atoms with E-state index in [4.69, 9.17) is 16.2 Å². The zero-order chi connectivity index (χ0) is 17.6. The van der Waals surface area contributed by atoms with Gasteiger partial charge in [0.1, 0.15) is 11.6 Å². The highest BCUT2D eigenvalue weighted by molar-refractivity contribution is 7.84. The van der Waals surface area contributed by atoms with Gasteiger partial charge in [-0.1, -0.05) is 17.7 Å². The van der Waals surface area contributed by atoms with Crippen LogP contribution in [0.2, 0.25) is 5.02 Å². The van der Waals surface area contributed by atoms with Gasteiger partial charge in [0.05, 0.1) is 0 Å². The maximum absolute atomic E-state index is 11.2. The minimum absolute atomic E-state index is 0.307. The van der Waals surface area contributed by atoms with Crippen LogP contribution in [0.5, 0.6) is 0 Å². The van der Waals surface area contributed by atoms with Crippen molar-refractivity contribution in [2.45, 2.75) is 12.3 Å². The smallest absolute Gasteiger partial charge is 0.272 e. The Balaban J connectivity index is 1.84. The number of hydrogen-bond acceptors (Lipinski definition) is 4. The molecule has 0 bridgehead atoms. The van der Waals surface area contributed by atoms with Gasteiger partial charge in [0.25, 0.3) is 10.1 Å². The summed E-state index contributed by atoms with van der Waals surface area (Å²) in [5.41, 5.74) is 1.06. The van der Waals surface area contributed by atoms with Crippen LogP contribution < -0.4 is 0 Å². The van der Waals surface area contributed by atoms with E-state index in [1.54, 1.807) is 22.1 Å². The van der Waals surface area contributed by atoms with Crippen molar-refractivity contribution in [2.24, 2.45) is 0 Å². The summed E-state index contributed by atoms with van der Waals surface area (Å²) in [6.45, 7) is 0.469. The van der Waals surface area contributed by atoms with E-state index in [0.717, 1.165) is 26.4 Å². The first-order valence-electron chi connectivity index (χ1n) is 7.44. The van der Waals surface area contributed by atoms with Gasteiger partial charge in [-0.3, -0.25) is 4.55 Å². The van der Waals surface area contributed by atoms with Crippen LogP contribution in [-0.2, 0) is 22.4 Å². The molecule has 2 aromatic carbocycles. The number of fused-ring (bicyclic) bond motifs is 3. The first-order chi connectivity index (χ1) is 11.9. The second-order valence-electron chi connectivity index (χ2n) is 5.76. The van der Waals surface area contributed by atoms with Crippen molar-refractivity contribution in [3.05, 3.63) is 64.5 Å². The standard InChI is InChI=1S/C17H13ClN2O3S2/c18-13-2-1-11-7-12(14-3-6-24-17(14)15(11)8-13)9-20-5-4-19-16(20)10-25(21,22)23/h1-8H,9-10H2,(H,21,22,23). The molecule has 25 heavy (non-hydrogen) atoms. The van der Waals surface area contributed by atoms with Crippen LogP contribution in [0.15, 0.2) is 48.1 Å². The van der Waals surface area contributed by atoms with Gasteiger partial charge in [0.15, 0.2) is 0 Å². The molecule has 0 fully saturated rings. The topological polar surface area (TPSA) is 72.2 Å². The van der Waals surface area contributed by atoms with Gasteiger partial charge in [-0.15, -0.1) is 11.3 Å². The molecule has 0 atom stereocenters. The highest BCUT2D eigenvalue weighted by Crippen LogP contribution is 2.34. The summed E-state index contributed by atoms with van der Waals surface area (Å²) < 4.78 is 34.3. The molecule has 4 rings (SSSR count). The normalized spacial score (nSPS) is 12.2. The highest BCUT2D eigenvalue weighted by Gasteiger charge is 2.14. The Morgan fingerprint density at radius 2 is 2.04 bits per heavy atom. The van der Waals surface area contributed by atoms with Crippen molar-refractivity contribution < 1.29 is 13.0 Å². The van der Waals surface area contributed by atoms with Crippen molar-refractivity contribution >= 4 is 53.9 Å². The van der Waals surface area contributed by atoms with Gasteiger partial charge < -0.3 is 4.57 Å². The lowest BCUT2D eigenvalue weighted by molar-refractivity contribution is 0.479. The zero-order valence-electron chi connectivity index (χ0n) is 12.9. The molecule has 0 unspecified atom stereocenters. The molecule has 4 aromatic rings. The van der Waals surface area contributed by atoms with Gasteiger partial charge in [-0.05, 0) is 46.0 Å². The second-order valence-corrected chi connectivity index (χ2v) is 8.57. The van der Waals surface area contributed by atoms with Crippen LogP contribution in [-0.4, -0.2) is 22.5 Å². The molecule has 0 aliphatic heterocycles. The molecule has 0 saturated carbocycles. The summed E-state index contributed by atoms with van der Waals surface area (Å²) in [6, 6.07) is 9.93. The Morgan fingerprint density at radius 1 is 1.20 bits per heavy atom. The number of benzene rings is 2. The molecular formula is C17H13ClN2O3S2. The van der Waals surface area contributed by atoms with E-state index >= 15 is 0 Å². The summed E-state index contributed by atoms with van der Waals surface area (Å²) >= 11 is 7.78. The van der Waals surface area contributed by atoms with Gasteiger partial charge in [0.2, 0.25) is 0 Å². The van der Waals surface area contributed by atoms with Crippen LogP contribution in [0.4, 0.5) is 0 Å². The van der Waals surface area contributed by atoms with Crippen LogP contribution in [0.3, 0.4) is 0 Å².